The van der Waals surface area contributed by atoms with Crippen molar-refractivity contribution in [3.8, 4) is 0 Å². The van der Waals surface area contributed by atoms with Crippen LogP contribution >= 0.6 is 0 Å². The Morgan fingerprint density at radius 1 is 0.923 bits per heavy atom. The number of nitrogens with one attached hydrogen (secondary N) is 4. The summed E-state index contributed by atoms with van der Waals surface area (Å²) in [5.74, 6) is -0.224. The van der Waals surface area contributed by atoms with Crippen molar-refractivity contribution in [1.29, 1.82) is 0 Å². The van der Waals surface area contributed by atoms with Crippen LogP contribution in [0.1, 0.15) is 28.8 Å². The maximum Gasteiger partial charge on any atom is 0.333 e. The molecule has 0 aromatic heterocycles. The molecule has 0 heterocycles. The molecule has 3 rings (SSSR count). The molecule has 7 nitrogen and oxygen atoms in total. The van der Waals surface area contributed by atoms with Crippen molar-refractivity contribution in [2.75, 3.05) is 5.32 Å². The smallest absolute Gasteiger partial charge is 0.333 e. The minimum atomic E-state index is -0.526. The van der Waals surface area contributed by atoms with Crippen molar-refractivity contribution < 1.29 is 14.4 Å². The van der Waals surface area contributed by atoms with Gasteiger partial charge in [0.15, 0.2) is 0 Å². The molecule has 2 aromatic carbocycles. The topological polar surface area (TPSA) is 99.3 Å². The van der Waals surface area contributed by atoms with E-state index in [0.29, 0.717) is 11.3 Å². The number of hydrazine groups is 1. The van der Waals surface area contributed by atoms with E-state index < -0.39 is 11.9 Å². The maximum absolute atomic E-state index is 11.8. The van der Waals surface area contributed by atoms with Crippen LogP contribution in [-0.2, 0) is 11.3 Å². The second-order valence-electron chi connectivity index (χ2n) is 6.09. The summed E-state index contributed by atoms with van der Waals surface area (Å²) in [5.41, 5.74) is 6.63. The molecule has 134 valence electrons. The first-order valence-corrected chi connectivity index (χ1v) is 8.41. The zero-order valence-electron chi connectivity index (χ0n) is 14.1. The molecule has 0 unspecified atom stereocenters. The summed E-state index contributed by atoms with van der Waals surface area (Å²) < 4.78 is 0. The number of hydrogen-bond donors (Lipinski definition) is 4. The van der Waals surface area contributed by atoms with Gasteiger partial charge < -0.3 is 10.6 Å². The second kappa shape index (κ2) is 8.15. The minimum absolute atomic E-state index is 0.0384. The molecule has 2 aromatic rings. The van der Waals surface area contributed by atoms with Crippen LogP contribution in [0.25, 0.3) is 0 Å². The molecule has 1 fully saturated rings. The summed E-state index contributed by atoms with van der Waals surface area (Å²) in [6, 6.07) is 15.3. The van der Waals surface area contributed by atoms with Crippen molar-refractivity contribution in [3.63, 3.8) is 0 Å². The average Bonchev–Trinajstić information content (AvgIpc) is 3.51. The standard InChI is InChI=1S/C19H20N4O3/c24-17(15-9-10-15)21-16-8-4-5-13(11-16)12-20-19(26)23-22-18(25)14-6-2-1-3-7-14/h1-8,11,15H,9-10,12H2,(H,21,24)(H,22,25)(H2,20,23,26). The van der Waals surface area contributed by atoms with E-state index >= 15 is 0 Å². The van der Waals surface area contributed by atoms with E-state index in [2.05, 4.69) is 21.5 Å². The molecule has 7 heteroatoms. The van der Waals surface area contributed by atoms with E-state index in [4.69, 9.17) is 0 Å². The maximum atomic E-state index is 11.8. The molecule has 4 amide bonds. The quantitative estimate of drug-likeness (QED) is 0.621. The zero-order chi connectivity index (χ0) is 18.4. The number of hydrogen-bond acceptors (Lipinski definition) is 3. The van der Waals surface area contributed by atoms with Crippen LogP contribution in [0, 0.1) is 5.92 Å². The zero-order valence-corrected chi connectivity index (χ0v) is 14.1. The van der Waals surface area contributed by atoms with Gasteiger partial charge in [-0.15, -0.1) is 0 Å². The van der Waals surface area contributed by atoms with Crippen LogP contribution in [-0.4, -0.2) is 17.8 Å². The van der Waals surface area contributed by atoms with Gasteiger partial charge in [-0.1, -0.05) is 30.3 Å². The van der Waals surface area contributed by atoms with Gasteiger partial charge >= 0.3 is 6.03 Å². The van der Waals surface area contributed by atoms with Gasteiger partial charge in [-0.25, -0.2) is 10.2 Å². The van der Waals surface area contributed by atoms with E-state index in [0.717, 1.165) is 18.4 Å². The Balaban J connectivity index is 1.44. The van der Waals surface area contributed by atoms with Gasteiger partial charge in [0.2, 0.25) is 5.91 Å². The van der Waals surface area contributed by atoms with E-state index in [9.17, 15) is 14.4 Å². The number of amides is 4. The van der Waals surface area contributed by atoms with Crippen molar-refractivity contribution in [1.82, 2.24) is 16.2 Å². The molecule has 1 aliphatic rings. The van der Waals surface area contributed by atoms with Gasteiger partial charge in [-0.3, -0.25) is 15.0 Å². The number of benzene rings is 2. The third-order valence-electron chi connectivity index (χ3n) is 3.92. The van der Waals surface area contributed by atoms with Crippen LogP contribution in [0.4, 0.5) is 10.5 Å². The highest BCUT2D eigenvalue weighted by molar-refractivity contribution is 5.95. The number of urea groups is 1. The van der Waals surface area contributed by atoms with E-state index in [1.165, 1.54) is 0 Å². The Morgan fingerprint density at radius 2 is 1.69 bits per heavy atom. The third-order valence-corrected chi connectivity index (χ3v) is 3.92. The Bertz CT molecular complexity index is 803. The first kappa shape index (κ1) is 17.5. The molecule has 1 saturated carbocycles. The monoisotopic (exact) mass is 352 g/mol. The largest absolute Gasteiger partial charge is 0.333 e. The number of rotatable bonds is 5. The highest BCUT2D eigenvalue weighted by Gasteiger charge is 2.29. The Kier molecular flexibility index (Phi) is 5.48. The normalized spacial score (nSPS) is 12.8. The highest BCUT2D eigenvalue weighted by Crippen LogP contribution is 2.30. The summed E-state index contributed by atoms with van der Waals surface area (Å²) in [4.78, 5) is 35.4. The molecule has 0 spiro atoms. The summed E-state index contributed by atoms with van der Waals surface area (Å²) in [5, 5.41) is 5.51. The molecule has 1 aliphatic carbocycles. The Labute approximate surface area is 151 Å². The molecule has 0 saturated heterocycles. The molecular formula is C19H20N4O3. The number of carbonyl (C=O) groups is 3. The second-order valence-corrected chi connectivity index (χ2v) is 6.09. The fourth-order valence-electron chi connectivity index (χ4n) is 2.35. The summed E-state index contributed by atoms with van der Waals surface area (Å²) >= 11 is 0. The fraction of sp³-hybridized carbons (Fsp3) is 0.211. The Hall–Kier alpha value is -3.35. The molecule has 0 aliphatic heterocycles. The average molecular weight is 352 g/mol. The van der Waals surface area contributed by atoms with Gasteiger partial charge in [0.05, 0.1) is 0 Å². The first-order valence-electron chi connectivity index (χ1n) is 8.41. The molecule has 0 radical (unpaired) electrons. The predicted octanol–water partition coefficient (Wildman–Crippen LogP) is 2.18. The molecule has 26 heavy (non-hydrogen) atoms. The van der Waals surface area contributed by atoms with Crippen LogP contribution in [0.3, 0.4) is 0 Å². The first-order chi connectivity index (χ1) is 12.6. The Morgan fingerprint density at radius 3 is 2.42 bits per heavy atom. The van der Waals surface area contributed by atoms with Gasteiger partial charge in [0.25, 0.3) is 5.91 Å². The number of anilines is 1. The van der Waals surface area contributed by atoms with E-state index in [1.807, 2.05) is 24.3 Å². The number of carbonyl (C=O) groups excluding carboxylic acids is 3. The van der Waals surface area contributed by atoms with Gasteiger partial charge in [0.1, 0.15) is 0 Å². The van der Waals surface area contributed by atoms with Crippen molar-refractivity contribution in [2.24, 2.45) is 5.92 Å². The fourth-order valence-corrected chi connectivity index (χ4v) is 2.35. The van der Waals surface area contributed by atoms with Crippen molar-refractivity contribution in [3.05, 3.63) is 65.7 Å². The molecular weight excluding hydrogens is 332 g/mol. The van der Waals surface area contributed by atoms with Crippen LogP contribution in [0.15, 0.2) is 54.6 Å². The van der Waals surface area contributed by atoms with Crippen molar-refractivity contribution in [2.45, 2.75) is 19.4 Å². The summed E-state index contributed by atoms with van der Waals surface area (Å²) in [6.45, 7) is 0.264. The van der Waals surface area contributed by atoms with E-state index in [-0.39, 0.29) is 18.4 Å². The van der Waals surface area contributed by atoms with Crippen LogP contribution < -0.4 is 21.5 Å². The molecule has 0 atom stereocenters. The lowest BCUT2D eigenvalue weighted by molar-refractivity contribution is -0.117. The van der Waals surface area contributed by atoms with Gasteiger partial charge in [-0.2, -0.15) is 0 Å². The van der Waals surface area contributed by atoms with Crippen LogP contribution in [0.5, 0.6) is 0 Å². The lowest BCUT2D eigenvalue weighted by Gasteiger charge is -2.10. The van der Waals surface area contributed by atoms with E-state index in [1.54, 1.807) is 30.3 Å². The highest BCUT2D eigenvalue weighted by atomic mass is 16.2. The minimum Gasteiger partial charge on any atom is -0.333 e. The lowest BCUT2D eigenvalue weighted by atomic mass is 10.2. The van der Waals surface area contributed by atoms with Gasteiger partial charge in [0, 0.05) is 23.7 Å². The lowest BCUT2D eigenvalue weighted by Crippen LogP contribution is -2.46. The van der Waals surface area contributed by atoms with Gasteiger partial charge in [-0.05, 0) is 42.7 Å². The van der Waals surface area contributed by atoms with Crippen LogP contribution in [0.2, 0.25) is 0 Å². The third kappa shape index (κ3) is 5.07. The molecule has 0 bridgehead atoms. The SMILES string of the molecule is O=C(NCc1cccc(NC(=O)C2CC2)c1)NNC(=O)c1ccccc1. The van der Waals surface area contributed by atoms with Crippen molar-refractivity contribution >= 4 is 23.5 Å². The molecule has 4 N–H and O–H groups in total. The summed E-state index contributed by atoms with van der Waals surface area (Å²) in [6.07, 6.45) is 1.89. The summed E-state index contributed by atoms with van der Waals surface area (Å²) in [7, 11) is 0. The predicted molar refractivity (Wildman–Crippen MR) is 97.1 cm³/mol.